The minimum Gasteiger partial charge on any atom is -0.494 e. The molecule has 4 nitrogen and oxygen atoms in total. The molecule has 0 aliphatic heterocycles. The highest BCUT2D eigenvalue weighted by Crippen LogP contribution is 2.20. The maximum Gasteiger partial charge on any atom is 0.165 e. The number of hydrogen-bond donors (Lipinski definition) is 1. The average Bonchev–Trinajstić information content (AvgIpc) is 3.17. The van der Waals surface area contributed by atoms with Gasteiger partial charge in [0.05, 0.1) is 13.7 Å². The summed E-state index contributed by atoms with van der Waals surface area (Å²) in [7, 11) is 1.47. The SMILES string of the molecule is COc1ccc(Cn2ccnc2CNC2CC2)cc1F. The Morgan fingerprint density at radius 1 is 1.45 bits per heavy atom. The molecule has 0 atom stereocenters. The molecule has 0 spiro atoms. The fraction of sp³-hybridized carbons (Fsp3) is 0.400. The molecule has 0 bridgehead atoms. The quantitative estimate of drug-likeness (QED) is 0.879. The van der Waals surface area contributed by atoms with Crippen LogP contribution in [0.3, 0.4) is 0 Å². The van der Waals surface area contributed by atoms with E-state index in [4.69, 9.17) is 4.74 Å². The third kappa shape index (κ3) is 2.99. The summed E-state index contributed by atoms with van der Waals surface area (Å²) in [5.74, 6) is 0.922. The van der Waals surface area contributed by atoms with Crippen molar-refractivity contribution in [1.29, 1.82) is 0 Å². The Labute approximate surface area is 117 Å². The van der Waals surface area contributed by atoms with E-state index in [9.17, 15) is 4.39 Å². The largest absolute Gasteiger partial charge is 0.494 e. The van der Waals surface area contributed by atoms with Crippen molar-refractivity contribution in [2.45, 2.75) is 32.0 Å². The van der Waals surface area contributed by atoms with Crippen LogP contribution < -0.4 is 10.1 Å². The van der Waals surface area contributed by atoms with Crippen LogP contribution in [0.2, 0.25) is 0 Å². The Hall–Kier alpha value is -1.88. The molecule has 2 aromatic rings. The van der Waals surface area contributed by atoms with Gasteiger partial charge in [0.15, 0.2) is 11.6 Å². The summed E-state index contributed by atoms with van der Waals surface area (Å²) in [5, 5.41) is 3.44. The normalized spacial score (nSPS) is 14.5. The molecule has 1 aliphatic carbocycles. The molecular formula is C15H18FN3O. The van der Waals surface area contributed by atoms with Gasteiger partial charge in [-0.3, -0.25) is 0 Å². The van der Waals surface area contributed by atoms with Crippen LogP contribution in [0, 0.1) is 5.82 Å². The van der Waals surface area contributed by atoms with E-state index in [1.807, 2.05) is 16.8 Å². The number of imidazole rings is 1. The zero-order chi connectivity index (χ0) is 13.9. The van der Waals surface area contributed by atoms with E-state index in [2.05, 4.69) is 10.3 Å². The molecule has 0 radical (unpaired) electrons. The number of ether oxygens (including phenoxy) is 1. The lowest BCUT2D eigenvalue weighted by Gasteiger charge is -2.10. The van der Waals surface area contributed by atoms with Gasteiger partial charge in [-0.25, -0.2) is 9.37 Å². The average molecular weight is 275 g/mol. The number of rotatable bonds is 6. The summed E-state index contributed by atoms with van der Waals surface area (Å²) >= 11 is 0. The maximum atomic E-state index is 13.7. The van der Waals surface area contributed by atoms with Crippen molar-refractivity contribution in [3.8, 4) is 5.75 Å². The highest BCUT2D eigenvalue weighted by Gasteiger charge is 2.20. The van der Waals surface area contributed by atoms with E-state index >= 15 is 0 Å². The van der Waals surface area contributed by atoms with E-state index in [0.29, 0.717) is 12.6 Å². The zero-order valence-electron chi connectivity index (χ0n) is 11.5. The molecule has 3 rings (SSSR count). The summed E-state index contributed by atoms with van der Waals surface area (Å²) < 4.78 is 20.6. The Morgan fingerprint density at radius 2 is 2.30 bits per heavy atom. The van der Waals surface area contributed by atoms with Crippen LogP contribution in [0.4, 0.5) is 4.39 Å². The van der Waals surface area contributed by atoms with Gasteiger partial charge in [-0.05, 0) is 30.5 Å². The predicted molar refractivity (Wildman–Crippen MR) is 74.1 cm³/mol. The van der Waals surface area contributed by atoms with Gasteiger partial charge in [-0.1, -0.05) is 6.07 Å². The van der Waals surface area contributed by atoms with Crippen molar-refractivity contribution >= 4 is 0 Å². The first kappa shape index (κ1) is 13.1. The fourth-order valence-electron chi connectivity index (χ4n) is 2.18. The van der Waals surface area contributed by atoms with E-state index in [0.717, 1.165) is 17.9 Å². The van der Waals surface area contributed by atoms with Gasteiger partial charge in [0.2, 0.25) is 0 Å². The van der Waals surface area contributed by atoms with Crippen LogP contribution in [-0.2, 0) is 13.1 Å². The van der Waals surface area contributed by atoms with E-state index in [1.165, 1.54) is 26.0 Å². The third-order valence-corrected chi connectivity index (χ3v) is 3.50. The van der Waals surface area contributed by atoms with E-state index in [-0.39, 0.29) is 11.6 Å². The second kappa shape index (κ2) is 5.63. The topological polar surface area (TPSA) is 39.1 Å². The summed E-state index contributed by atoms with van der Waals surface area (Å²) in [4.78, 5) is 4.35. The lowest BCUT2D eigenvalue weighted by molar-refractivity contribution is 0.386. The molecule has 106 valence electrons. The maximum absolute atomic E-state index is 13.7. The van der Waals surface area contributed by atoms with Gasteiger partial charge in [0.1, 0.15) is 5.82 Å². The predicted octanol–water partition coefficient (Wildman–Crippen LogP) is 2.33. The van der Waals surface area contributed by atoms with Gasteiger partial charge >= 0.3 is 0 Å². The standard InChI is InChI=1S/C15H18FN3O/c1-20-14-5-2-11(8-13(14)16)10-19-7-6-17-15(19)9-18-12-3-4-12/h2,5-8,12,18H,3-4,9-10H2,1H3. The molecule has 1 aromatic carbocycles. The Bertz CT molecular complexity index is 593. The lowest BCUT2D eigenvalue weighted by atomic mass is 10.2. The van der Waals surface area contributed by atoms with Gasteiger partial charge in [0, 0.05) is 25.0 Å². The second-order valence-corrected chi connectivity index (χ2v) is 5.10. The van der Waals surface area contributed by atoms with E-state index < -0.39 is 0 Å². The molecule has 1 heterocycles. The van der Waals surface area contributed by atoms with Crippen LogP contribution >= 0.6 is 0 Å². The molecule has 1 fully saturated rings. The molecule has 0 saturated heterocycles. The summed E-state index contributed by atoms with van der Waals surface area (Å²) in [5.41, 5.74) is 0.897. The Kier molecular flexibility index (Phi) is 3.69. The van der Waals surface area contributed by atoms with Crippen molar-refractivity contribution < 1.29 is 9.13 Å². The first-order valence-corrected chi connectivity index (χ1v) is 6.82. The minimum absolute atomic E-state index is 0.273. The van der Waals surface area contributed by atoms with Crippen LogP contribution in [0.5, 0.6) is 5.75 Å². The van der Waals surface area contributed by atoms with Gasteiger partial charge < -0.3 is 14.6 Å². The van der Waals surface area contributed by atoms with E-state index in [1.54, 1.807) is 12.3 Å². The van der Waals surface area contributed by atoms with Crippen molar-refractivity contribution in [2.24, 2.45) is 0 Å². The number of aromatic nitrogens is 2. The molecular weight excluding hydrogens is 257 g/mol. The molecule has 1 aliphatic rings. The number of benzene rings is 1. The molecule has 1 saturated carbocycles. The molecule has 1 aromatic heterocycles. The van der Waals surface area contributed by atoms with Gasteiger partial charge in [0.25, 0.3) is 0 Å². The fourth-order valence-corrected chi connectivity index (χ4v) is 2.18. The molecule has 20 heavy (non-hydrogen) atoms. The Balaban J connectivity index is 1.70. The Morgan fingerprint density at radius 3 is 3.00 bits per heavy atom. The monoisotopic (exact) mass is 275 g/mol. The summed E-state index contributed by atoms with van der Waals surface area (Å²) in [6, 6.07) is 5.69. The number of halogens is 1. The van der Waals surface area contributed by atoms with Gasteiger partial charge in [-0.2, -0.15) is 0 Å². The molecule has 0 unspecified atom stereocenters. The van der Waals surface area contributed by atoms with Crippen molar-refractivity contribution in [2.75, 3.05) is 7.11 Å². The summed E-state index contributed by atoms with van der Waals surface area (Å²) in [6.07, 6.45) is 6.21. The zero-order valence-corrected chi connectivity index (χ0v) is 11.5. The summed E-state index contributed by atoms with van der Waals surface area (Å²) in [6.45, 7) is 1.37. The molecule has 1 N–H and O–H groups in total. The number of nitrogens with zero attached hydrogens (tertiary/aromatic N) is 2. The van der Waals surface area contributed by atoms with Crippen molar-refractivity contribution in [1.82, 2.24) is 14.9 Å². The third-order valence-electron chi connectivity index (χ3n) is 3.50. The number of methoxy groups -OCH3 is 1. The number of nitrogens with one attached hydrogen (secondary N) is 1. The lowest BCUT2D eigenvalue weighted by Crippen LogP contribution is -2.19. The smallest absolute Gasteiger partial charge is 0.165 e. The highest BCUT2D eigenvalue weighted by molar-refractivity contribution is 5.29. The second-order valence-electron chi connectivity index (χ2n) is 5.10. The van der Waals surface area contributed by atoms with Crippen LogP contribution in [0.1, 0.15) is 24.2 Å². The van der Waals surface area contributed by atoms with Crippen LogP contribution in [-0.4, -0.2) is 22.7 Å². The first-order valence-electron chi connectivity index (χ1n) is 6.82. The minimum atomic E-state index is -0.331. The highest BCUT2D eigenvalue weighted by atomic mass is 19.1. The van der Waals surface area contributed by atoms with Crippen LogP contribution in [0.25, 0.3) is 0 Å². The van der Waals surface area contributed by atoms with Gasteiger partial charge in [-0.15, -0.1) is 0 Å². The number of hydrogen-bond acceptors (Lipinski definition) is 3. The van der Waals surface area contributed by atoms with Crippen LogP contribution in [0.15, 0.2) is 30.6 Å². The molecule has 5 heteroatoms. The van der Waals surface area contributed by atoms with Crippen molar-refractivity contribution in [3.05, 3.63) is 47.8 Å². The van der Waals surface area contributed by atoms with Crippen molar-refractivity contribution in [3.63, 3.8) is 0 Å². The first-order chi connectivity index (χ1) is 9.76. The molecule has 0 amide bonds.